The molecule has 0 bridgehead atoms. The number of hydrogen-bond donors (Lipinski definition) is 1. The summed E-state index contributed by atoms with van der Waals surface area (Å²) in [6, 6.07) is 19.2. The van der Waals surface area contributed by atoms with Crippen molar-refractivity contribution in [1.82, 2.24) is 0 Å². The molecule has 0 aliphatic carbocycles. The van der Waals surface area contributed by atoms with Gasteiger partial charge in [0.1, 0.15) is 11.5 Å². The topological polar surface area (TPSA) is 79.5 Å². The third-order valence-electron chi connectivity index (χ3n) is 4.82. The highest BCUT2D eigenvalue weighted by atomic mass is 16.5. The van der Waals surface area contributed by atoms with Crippen molar-refractivity contribution in [2.24, 2.45) is 0 Å². The van der Waals surface area contributed by atoms with Crippen LogP contribution >= 0.6 is 0 Å². The molecule has 0 heterocycles. The minimum atomic E-state index is -1.04. The zero-order valence-electron chi connectivity index (χ0n) is 17.0. The summed E-state index contributed by atoms with van der Waals surface area (Å²) in [6.07, 6.45) is 2.60. The first-order valence-electron chi connectivity index (χ1n) is 9.25. The first-order valence-corrected chi connectivity index (χ1v) is 9.25. The summed E-state index contributed by atoms with van der Waals surface area (Å²) in [5.41, 5.74) is 5.57. The van der Waals surface area contributed by atoms with E-state index in [9.17, 15) is 10.1 Å². The van der Waals surface area contributed by atoms with E-state index in [2.05, 4.69) is 6.07 Å². The van der Waals surface area contributed by atoms with Gasteiger partial charge in [-0.25, -0.2) is 4.79 Å². The molecule has 0 aliphatic heterocycles. The molecule has 0 fully saturated rings. The number of aliphatic carboxylic acids is 1. The van der Waals surface area contributed by atoms with Crippen molar-refractivity contribution in [3.8, 4) is 39.8 Å². The van der Waals surface area contributed by atoms with Crippen molar-refractivity contribution in [1.29, 1.82) is 5.26 Å². The van der Waals surface area contributed by atoms with Crippen molar-refractivity contribution >= 4 is 12.0 Å². The molecule has 5 nitrogen and oxygen atoms in total. The minimum Gasteiger partial charge on any atom is -0.497 e. The molecule has 150 valence electrons. The van der Waals surface area contributed by atoms with Crippen molar-refractivity contribution in [2.45, 2.75) is 6.92 Å². The van der Waals surface area contributed by atoms with Crippen LogP contribution in [0.25, 0.3) is 28.3 Å². The van der Waals surface area contributed by atoms with Crippen LogP contribution in [-0.2, 0) is 4.79 Å². The van der Waals surface area contributed by atoms with Crippen LogP contribution in [0.1, 0.15) is 16.7 Å². The Kier molecular flexibility index (Phi) is 6.19. The Hall–Kier alpha value is -4.04. The van der Waals surface area contributed by atoms with Crippen LogP contribution in [0.4, 0.5) is 0 Å². The highest BCUT2D eigenvalue weighted by Gasteiger charge is 2.12. The summed E-state index contributed by atoms with van der Waals surface area (Å²) in [4.78, 5) is 11.0. The number of carboxylic acid groups (broad SMARTS) is 1. The van der Waals surface area contributed by atoms with Crippen molar-refractivity contribution in [2.75, 3.05) is 14.2 Å². The third-order valence-corrected chi connectivity index (χ3v) is 4.82. The lowest BCUT2D eigenvalue weighted by molar-refractivity contribution is -0.131. The molecular weight excluding hydrogens is 378 g/mol. The second kappa shape index (κ2) is 8.97. The zero-order chi connectivity index (χ0) is 21.7. The molecule has 3 aromatic carbocycles. The number of hydrogen-bond acceptors (Lipinski definition) is 4. The fourth-order valence-corrected chi connectivity index (χ4v) is 3.33. The van der Waals surface area contributed by atoms with Gasteiger partial charge < -0.3 is 14.6 Å². The van der Waals surface area contributed by atoms with E-state index in [-0.39, 0.29) is 0 Å². The van der Waals surface area contributed by atoms with E-state index < -0.39 is 5.97 Å². The van der Waals surface area contributed by atoms with Crippen LogP contribution < -0.4 is 9.47 Å². The smallest absolute Gasteiger partial charge is 0.328 e. The van der Waals surface area contributed by atoms with E-state index in [0.717, 1.165) is 39.6 Å². The maximum Gasteiger partial charge on any atom is 0.328 e. The van der Waals surface area contributed by atoms with Gasteiger partial charge in [-0.1, -0.05) is 24.3 Å². The van der Waals surface area contributed by atoms with E-state index >= 15 is 0 Å². The second-order valence-electron chi connectivity index (χ2n) is 6.68. The molecule has 0 radical (unpaired) electrons. The van der Waals surface area contributed by atoms with Gasteiger partial charge in [-0.05, 0) is 76.7 Å². The number of aryl methyl sites for hydroxylation is 1. The SMILES string of the molecule is COc1ccc(-c2ccc(-c3ccc(OC)c(C)c3)c(C#N)c2)c(/C=C/C(=O)O)c1. The van der Waals surface area contributed by atoms with Crippen LogP contribution in [0.3, 0.4) is 0 Å². The summed E-state index contributed by atoms with van der Waals surface area (Å²) in [5, 5.41) is 18.8. The normalized spacial score (nSPS) is 10.6. The minimum absolute atomic E-state index is 0.529. The Balaban J connectivity index is 2.10. The molecule has 0 saturated carbocycles. The molecule has 3 rings (SSSR count). The molecule has 0 atom stereocenters. The number of carbonyl (C=O) groups is 1. The molecule has 0 amide bonds. The Labute approximate surface area is 175 Å². The summed E-state index contributed by atoms with van der Waals surface area (Å²) in [7, 11) is 3.18. The third kappa shape index (κ3) is 4.34. The highest BCUT2D eigenvalue weighted by molar-refractivity contribution is 5.88. The quantitative estimate of drug-likeness (QED) is 0.568. The van der Waals surface area contributed by atoms with Crippen molar-refractivity contribution in [3.63, 3.8) is 0 Å². The van der Waals surface area contributed by atoms with E-state index in [1.165, 1.54) is 6.08 Å². The van der Waals surface area contributed by atoms with Gasteiger partial charge in [0.2, 0.25) is 0 Å². The fourth-order valence-electron chi connectivity index (χ4n) is 3.33. The average Bonchev–Trinajstić information content (AvgIpc) is 2.76. The maximum atomic E-state index is 11.0. The van der Waals surface area contributed by atoms with Gasteiger partial charge in [-0.2, -0.15) is 5.26 Å². The number of methoxy groups -OCH3 is 2. The average molecular weight is 399 g/mol. The van der Waals surface area contributed by atoms with Crippen LogP contribution in [0.15, 0.2) is 60.7 Å². The summed E-state index contributed by atoms with van der Waals surface area (Å²) < 4.78 is 10.6. The lowest BCUT2D eigenvalue weighted by Gasteiger charge is -2.12. The van der Waals surface area contributed by atoms with E-state index in [1.807, 2.05) is 49.4 Å². The number of nitrogens with zero attached hydrogens (tertiary/aromatic N) is 1. The van der Waals surface area contributed by atoms with Crippen LogP contribution in [-0.4, -0.2) is 25.3 Å². The number of carboxylic acids is 1. The monoisotopic (exact) mass is 399 g/mol. The predicted octanol–water partition coefficient (Wildman–Crippen LogP) is 5.32. The van der Waals surface area contributed by atoms with Gasteiger partial charge in [0.25, 0.3) is 0 Å². The maximum absolute atomic E-state index is 11.0. The van der Waals surface area contributed by atoms with Gasteiger partial charge in [0, 0.05) is 6.08 Å². The molecule has 0 unspecified atom stereocenters. The van der Waals surface area contributed by atoms with Crippen LogP contribution in [0, 0.1) is 18.3 Å². The predicted molar refractivity (Wildman–Crippen MR) is 117 cm³/mol. The van der Waals surface area contributed by atoms with E-state index in [1.54, 1.807) is 26.4 Å². The highest BCUT2D eigenvalue weighted by Crippen LogP contribution is 2.34. The van der Waals surface area contributed by atoms with Crippen molar-refractivity contribution in [3.05, 3.63) is 77.4 Å². The van der Waals surface area contributed by atoms with E-state index in [4.69, 9.17) is 14.6 Å². The molecule has 3 aromatic rings. The fraction of sp³-hybridized carbons (Fsp3) is 0.120. The van der Waals surface area contributed by atoms with Gasteiger partial charge in [0.05, 0.1) is 25.9 Å². The first-order chi connectivity index (χ1) is 14.5. The molecule has 5 heteroatoms. The Morgan fingerprint density at radius 1 is 0.967 bits per heavy atom. The Bertz CT molecular complexity index is 1170. The standard InChI is InChI=1S/C25H21NO4/c1-16-12-17(5-10-24(16)30-3)23-8-4-18(13-20(23)15-26)22-9-7-21(29-2)14-19(22)6-11-25(27)28/h4-14H,1-3H3,(H,27,28)/b11-6+. The summed E-state index contributed by atoms with van der Waals surface area (Å²) in [6.45, 7) is 1.96. The number of nitriles is 1. The van der Waals surface area contributed by atoms with Gasteiger partial charge in [-0.3, -0.25) is 0 Å². The summed E-state index contributed by atoms with van der Waals surface area (Å²) in [5.74, 6) is 0.378. The molecule has 0 spiro atoms. The van der Waals surface area contributed by atoms with Gasteiger partial charge in [0.15, 0.2) is 0 Å². The first kappa shape index (κ1) is 20.7. The Morgan fingerprint density at radius 3 is 2.30 bits per heavy atom. The summed E-state index contributed by atoms with van der Waals surface area (Å²) >= 11 is 0. The largest absolute Gasteiger partial charge is 0.497 e. The lowest BCUT2D eigenvalue weighted by Crippen LogP contribution is -1.92. The number of ether oxygens (including phenoxy) is 2. The zero-order valence-corrected chi connectivity index (χ0v) is 17.0. The number of rotatable bonds is 6. The Morgan fingerprint density at radius 2 is 1.67 bits per heavy atom. The second-order valence-corrected chi connectivity index (χ2v) is 6.68. The number of benzene rings is 3. The lowest BCUT2D eigenvalue weighted by atomic mass is 9.92. The van der Waals surface area contributed by atoms with Gasteiger partial charge >= 0.3 is 5.97 Å². The molecule has 0 aromatic heterocycles. The van der Waals surface area contributed by atoms with E-state index in [0.29, 0.717) is 16.9 Å². The van der Waals surface area contributed by atoms with Gasteiger partial charge in [-0.15, -0.1) is 0 Å². The molecular formula is C25H21NO4. The van der Waals surface area contributed by atoms with Crippen LogP contribution in [0.5, 0.6) is 11.5 Å². The van der Waals surface area contributed by atoms with Crippen LogP contribution in [0.2, 0.25) is 0 Å². The molecule has 30 heavy (non-hydrogen) atoms. The molecule has 0 saturated heterocycles. The molecule has 0 aliphatic rings. The van der Waals surface area contributed by atoms with Crippen molar-refractivity contribution < 1.29 is 19.4 Å². The molecule has 1 N–H and O–H groups in total.